The SMILES string of the molecule is CCCCCCCCCCCCCCCCCC(=O)OCCCCCCCCCCCCCCCCCCCC/C=C\CCCCCCCCCCCCCCCCCCCC(=O)NC(CO)C(O)CCCCCCCCCCCCC. The lowest BCUT2D eigenvalue weighted by molar-refractivity contribution is -0.143. The van der Waals surface area contributed by atoms with Crippen LogP contribution >= 0.6 is 0 Å². The molecule has 82 heavy (non-hydrogen) atoms. The number of rotatable bonds is 72. The van der Waals surface area contributed by atoms with E-state index >= 15 is 0 Å². The monoisotopic (exact) mass is 1160 g/mol. The minimum absolute atomic E-state index is 0.0263. The Morgan fingerprint density at radius 2 is 0.573 bits per heavy atom. The number of allylic oxidation sites excluding steroid dienone is 2. The third-order valence-corrected chi connectivity index (χ3v) is 18.1. The highest BCUT2D eigenvalue weighted by Gasteiger charge is 2.20. The van der Waals surface area contributed by atoms with Crippen LogP contribution in [-0.2, 0) is 14.3 Å². The van der Waals surface area contributed by atoms with Crippen LogP contribution in [0.3, 0.4) is 0 Å². The van der Waals surface area contributed by atoms with Gasteiger partial charge in [-0.15, -0.1) is 0 Å². The maximum Gasteiger partial charge on any atom is 0.305 e. The lowest BCUT2D eigenvalue weighted by Gasteiger charge is -2.22. The number of unbranched alkanes of at least 4 members (excludes halogenated alkanes) is 59. The zero-order chi connectivity index (χ0) is 59.2. The van der Waals surface area contributed by atoms with Crippen LogP contribution in [-0.4, -0.2) is 47.4 Å². The number of hydrogen-bond acceptors (Lipinski definition) is 5. The summed E-state index contributed by atoms with van der Waals surface area (Å²) in [6.45, 7) is 4.99. The van der Waals surface area contributed by atoms with Gasteiger partial charge in [-0.2, -0.15) is 0 Å². The Balaban J connectivity index is 3.28. The number of aliphatic hydroxyl groups is 2. The third-order valence-electron chi connectivity index (χ3n) is 18.1. The van der Waals surface area contributed by atoms with Gasteiger partial charge in [0.05, 0.1) is 25.4 Å². The molecule has 2 atom stereocenters. The van der Waals surface area contributed by atoms with Crippen molar-refractivity contribution in [1.82, 2.24) is 5.32 Å². The van der Waals surface area contributed by atoms with Crippen LogP contribution in [0, 0.1) is 0 Å². The summed E-state index contributed by atoms with van der Waals surface area (Å²) in [5.74, 6) is -0.00276. The van der Waals surface area contributed by atoms with Crippen LogP contribution in [0.2, 0.25) is 0 Å². The van der Waals surface area contributed by atoms with E-state index in [1.54, 1.807) is 0 Å². The predicted molar refractivity (Wildman–Crippen MR) is 361 cm³/mol. The zero-order valence-corrected chi connectivity index (χ0v) is 56.0. The van der Waals surface area contributed by atoms with Crippen molar-refractivity contribution in [3.05, 3.63) is 12.2 Å². The highest BCUT2D eigenvalue weighted by molar-refractivity contribution is 5.76. The summed E-state index contributed by atoms with van der Waals surface area (Å²) in [4.78, 5) is 24.6. The molecule has 0 saturated heterocycles. The van der Waals surface area contributed by atoms with Crippen LogP contribution < -0.4 is 5.32 Å². The molecule has 0 aromatic rings. The van der Waals surface area contributed by atoms with Gasteiger partial charge >= 0.3 is 5.97 Å². The number of amides is 1. The molecule has 0 aliphatic heterocycles. The molecule has 0 heterocycles. The molecular weight excluding hydrogens is 1010 g/mol. The van der Waals surface area contributed by atoms with Gasteiger partial charge in [-0.3, -0.25) is 9.59 Å². The largest absolute Gasteiger partial charge is 0.466 e. The Hall–Kier alpha value is -1.40. The van der Waals surface area contributed by atoms with Crippen molar-refractivity contribution in [2.45, 2.75) is 450 Å². The lowest BCUT2D eigenvalue weighted by atomic mass is 10.0. The topological polar surface area (TPSA) is 95.9 Å². The number of carbonyl (C=O) groups excluding carboxylic acids is 2. The summed E-state index contributed by atoms with van der Waals surface area (Å²) in [5.41, 5.74) is 0. The Kier molecular flexibility index (Phi) is 70.8. The average molecular weight is 1160 g/mol. The maximum atomic E-state index is 12.5. The molecule has 0 fully saturated rings. The zero-order valence-electron chi connectivity index (χ0n) is 56.0. The molecule has 0 bridgehead atoms. The van der Waals surface area contributed by atoms with Gasteiger partial charge < -0.3 is 20.3 Å². The van der Waals surface area contributed by atoms with Gasteiger partial charge in [-0.25, -0.2) is 0 Å². The molecule has 3 N–H and O–H groups in total. The molecule has 2 unspecified atom stereocenters. The van der Waals surface area contributed by atoms with Crippen molar-refractivity contribution in [2.24, 2.45) is 0 Å². The van der Waals surface area contributed by atoms with Gasteiger partial charge in [0.1, 0.15) is 0 Å². The van der Waals surface area contributed by atoms with Crippen LogP contribution in [0.25, 0.3) is 0 Å². The van der Waals surface area contributed by atoms with Crippen LogP contribution in [0.5, 0.6) is 0 Å². The van der Waals surface area contributed by atoms with Crippen LogP contribution in [0.4, 0.5) is 0 Å². The van der Waals surface area contributed by atoms with E-state index in [1.165, 1.54) is 366 Å². The summed E-state index contributed by atoms with van der Waals surface area (Å²) in [6.07, 6.45) is 90.3. The van der Waals surface area contributed by atoms with E-state index < -0.39 is 12.1 Å². The molecule has 1 amide bonds. The average Bonchev–Trinajstić information content (AvgIpc) is 3.48. The van der Waals surface area contributed by atoms with Crippen molar-refractivity contribution < 1.29 is 24.5 Å². The quantitative estimate of drug-likeness (QED) is 0.0320. The van der Waals surface area contributed by atoms with Gasteiger partial charge in [-0.1, -0.05) is 386 Å². The molecule has 0 radical (unpaired) electrons. The molecular formula is C76H149NO5. The van der Waals surface area contributed by atoms with Gasteiger partial charge in [-0.05, 0) is 51.4 Å². The standard InChI is InChI=1S/C76H149NO5/c1-3-5-7-9-11-13-15-16-42-46-50-54-58-62-66-70-76(81)82-71-67-63-59-55-51-47-44-41-39-37-35-33-31-29-27-25-23-21-19-17-18-20-22-24-26-28-30-32-34-36-38-40-43-45-49-53-57-61-65-69-75(80)77-73(72-78)74(79)68-64-60-56-52-48-14-12-10-8-6-4-2/h17-18,73-74,78-79H,3-16,19-72H2,1-2H3,(H,77,80)/b18-17-. The second-order valence-electron chi connectivity index (χ2n) is 26.3. The number of nitrogens with one attached hydrogen (secondary N) is 1. The second-order valence-corrected chi connectivity index (χ2v) is 26.3. The van der Waals surface area contributed by atoms with E-state index in [0.29, 0.717) is 25.9 Å². The molecule has 6 heteroatoms. The van der Waals surface area contributed by atoms with E-state index in [4.69, 9.17) is 4.74 Å². The first kappa shape index (κ1) is 80.6. The minimum atomic E-state index is -0.659. The smallest absolute Gasteiger partial charge is 0.305 e. The Morgan fingerprint density at radius 1 is 0.329 bits per heavy atom. The number of carbonyl (C=O) groups is 2. The molecule has 0 aromatic heterocycles. The lowest BCUT2D eigenvalue weighted by Crippen LogP contribution is -2.45. The summed E-state index contributed by atoms with van der Waals surface area (Å²) < 4.78 is 5.51. The third kappa shape index (κ3) is 67.7. The fraction of sp³-hybridized carbons (Fsp3) is 0.947. The first-order valence-electron chi connectivity index (χ1n) is 37.9. The predicted octanol–water partition coefficient (Wildman–Crippen LogP) is 24.7. The Bertz CT molecular complexity index is 1240. The summed E-state index contributed by atoms with van der Waals surface area (Å²) in [6, 6.07) is -0.536. The van der Waals surface area contributed by atoms with E-state index in [2.05, 4.69) is 31.3 Å². The first-order valence-corrected chi connectivity index (χ1v) is 37.9. The molecule has 488 valence electrons. The number of ether oxygens (including phenoxy) is 1. The minimum Gasteiger partial charge on any atom is -0.466 e. The molecule has 0 rings (SSSR count). The van der Waals surface area contributed by atoms with Crippen LogP contribution in [0.15, 0.2) is 12.2 Å². The van der Waals surface area contributed by atoms with E-state index in [1.807, 2.05) is 0 Å². The van der Waals surface area contributed by atoms with E-state index in [9.17, 15) is 19.8 Å². The van der Waals surface area contributed by atoms with Crippen molar-refractivity contribution >= 4 is 11.9 Å². The van der Waals surface area contributed by atoms with Crippen molar-refractivity contribution in [3.63, 3.8) is 0 Å². The van der Waals surface area contributed by atoms with E-state index in [-0.39, 0.29) is 18.5 Å². The fourth-order valence-corrected chi connectivity index (χ4v) is 12.3. The summed E-state index contributed by atoms with van der Waals surface area (Å²) >= 11 is 0. The molecule has 0 aliphatic carbocycles. The van der Waals surface area contributed by atoms with Crippen molar-refractivity contribution in [1.29, 1.82) is 0 Å². The molecule has 0 spiro atoms. The van der Waals surface area contributed by atoms with Gasteiger partial charge in [0.2, 0.25) is 5.91 Å². The van der Waals surface area contributed by atoms with Crippen molar-refractivity contribution in [3.8, 4) is 0 Å². The molecule has 6 nitrogen and oxygen atoms in total. The highest BCUT2D eigenvalue weighted by atomic mass is 16.5. The Morgan fingerprint density at radius 3 is 0.866 bits per heavy atom. The summed E-state index contributed by atoms with van der Waals surface area (Å²) in [7, 11) is 0. The highest BCUT2D eigenvalue weighted by Crippen LogP contribution is 2.20. The molecule has 0 aromatic carbocycles. The first-order chi connectivity index (χ1) is 40.5. The molecule has 0 saturated carbocycles. The fourth-order valence-electron chi connectivity index (χ4n) is 12.3. The second kappa shape index (κ2) is 72.1. The van der Waals surface area contributed by atoms with Gasteiger partial charge in [0, 0.05) is 12.8 Å². The summed E-state index contributed by atoms with van der Waals surface area (Å²) in [5, 5.41) is 23.2. The normalized spacial score (nSPS) is 12.5. The van der Waals surface area contributed by atoms with Gasteiger partial charge in [0.15, 0.2) is 0 Å². The number of hydrogen-bond donors (Lipinski definition) is 3. The van der Waals surface area contributed by atoms with Crippen LogP contribution in [0.1, 0.15) is 438 Å². The van der Waals surface area contributed by atoms with Gasteiger partial charge in [0.25, 0.3) is 0 Å². The van der Waals surface area contributed by atoms with Crippen molar-refractivity contribution in [2.75, 3.05) is 13.2 Å². The number of esters is 1. The maximum absolute atomic E-state index is 12.5. The number of aliphatic hydroxyl groups excluding tert-OH is 2. The Labute approximate surface area is 514 Å². The molecule has 0 aliphatic rings. The van der Waals surface area contributed by atoms with E-state index in [0.717, 1.165) is 38.5 Å².